The van der Waals surface area contributed by atoms with Crippen LogP contribution in [-0.4, -0.2) is 34.2 Å². The Balaban J connectivity index is 2.36. The highest BCUT2D eigenvalue weighted by atomic mass is 16.2. The summed E-state index contributed by atoms with van der Waals surface area (Å²) >= 11 is 0. The summed E-state index contributed by atoms with van der Waals surface area (Å²) in [5, 5.41) is 0. The van der Waals surface area contributed by atoms with Crippen LogP contribution in [0.5, 0.6) is 0 Å². The third kappa shape index (κ3) is 2.89. The lowest BCUT2D eigenvalue weighted by Gasteiger charge is -2.38. The number of amides is 3. The van der Waals surface area contributed by atoms with Gasteiger partial charge in [-0.15, -0.1) is 0 Å². The highest BCUT2D eigenvalue weighted by molar-refractivity contribution is 6.23. The second-order valence-corrected chi connectivity index (χ2v) is 6.68. The van der Waals surface area contributed by atoms with Gasteiger partial charge in [0.1, 0.15) is 6.04 Å². The highest BCUT2D eigenvalue weighted by Crippen LogP contribution is 2.29. The van der Waals surface area contributed by atoms with Gasteiger partial charge in [-0.2, -0.15) is 0 Å². The van der Waals surface area contributed by atoms with E-state index in [1.54, 1.807) is 12.1 Å². The molecule has 0 saturated carbocycles. The van der Waals surface area contributed by atoms with Gasteiger partial charge in [0.25, 0.3) is 5.91 Å². The number of nitrogens with zero attached hydrogens (tertiary/aromatic N) is 2. The molecule has 5 heteroatoms. The Kier molecular flexibility index (Phi) is 4.09. The minimum Gasteiger partial charge on any atom is -0.326 e. The molecular weight excluding hydrogens is 280 g/mol. The quantitative estimate of drug-likeness (QED) is 0.788. The van der Waals surface area contributed by atoms with E-state index in [1.807, 2.05) is 39.8 Å². The van der Waals surface area contributed by atoms with E-state index in [4.69, 9.17) is 0 Å². The number of hydrogen-bond donors (Lipinski definition) is 0. The summed E-state index contributed by atoms with van der Waals surface area (Å²) in [6.07, 6.45) is 0.0313. The van der Waals surface area contributed by atoms with E-state index in [-0.39, 0.29) is 24.1 Å². The number of rotatable bonds is 2. The van der Waals surface area contributed by atoms with E-state index in [0.717, 1.165) is 5.56 Å². The Hall–Kier alpha value is -2.17. The molecule has 1 aromatic rings. The number of hydrogen-bond acceptors (Lipinski definition) is 3. The van der Waals surface area contributed by atoms with E-state index in [0.29, 0.717) is 5.69 Å². The molecule has 2 rings (SSSR count). The van der Waals surface area contributed by atoms with E-state index in [2.05, 4.69) is 0 Å². The molecular formula is C17H22N2O3. The van der Waals surface area contributed by atoms with Gasteiger partial charge in [0.2, 0.25) is 11.8 Å². The minimum atomic E-state index is -0.730. The summed E-state index contributed by atoms with van der Waals surface area (Å²) in [4.78, 5) is 39.7. The zero-order valence-corrected chi connectivity index (χ0v) is 13.7. The Labute approximate surface area is 130 Å². The Bertz CT molecular complexity index is 614. The molecule has 1 aliphatic heterocycles. The molecule has 1 saturated heterocycles. The lowest BCUT2D eigenvalue weighted by Crippen LogP contribution is -2.53. The highest BCUT2D eigenvalue weighted by Gasteiger charge is 2.46. The Morgan fingerprint density at radius 1 is 1.18 bits per heavy atom. The minimum absolute atomic E-state index is 0.0313. The van der Waals surface area contributed by atoms with E-state index in [9.17, 15) is 14.4 Å². The van der Waals surface area contributed by atoms with Crippen LogP contribution in [0.15, 0.2) is 24.3 Å². The first-order valence-corrected chi connectivity index (χ1v) is 7.36. The van der Waals surface area contributed by atoms with Crippen molar-refractivity contribution in [3.05, 3.63) is 29.8 Å². The maximum absolute atomic E-state index is 12.7. The van der Waals surface area contributed by atoms with Crippen LogP contribution >= 0.6 is 0 Å². The largest absolute Gasteiger partial charge is 0.326 e. The number of benzene rings is 1. The number of imide groups is 1. The van der Waals surface area contributed by atoms with E-state index < -0.39 is 11.6 Å². The molecule has 5 nitrogen and oxygen atoms in total. The SMILES string of the molecule is CC(=O)N(C1CC(=O)N(c2ccc(C)cc2)C1=O)C(C)(C)C. The van der Waals surface area contributed by atoms with Gasteiger partial charge >= 0.3 is 0 Å². The molecule has 22 heavy (non-hydrogen) atoms. The molecule has 118 valence electrons. The first kappa shape index (κ1) is 16.2. The summed E-state index contributed by atoms with van der Waals surface area (Å²) in [5.41, 5.74) is 1.09. The molecule has 1 atom stereocenters. The number of aryl methyl sites for hydroxylation is 1. The number of carbonyl (C=O) groups is 3. The predicted molar refractivity (Wildman–Crippen MR) is 84.4 cm³/mol. The summed E-state index contributed by atoms with van der Waals surface area (Å²) in [7, 11) is 0. The number of anilines is 1. The fourth-order valence-corrected chi connectivity index (χ4v) is 2.94. The first-order chi connectivity index (χ1) is 10.1. The Morgan fingerprint density at radius 3 is 2.18 bits per heavy atom. The molecule has 0 spiro atoms. The molecule has 1 fully saturated rings. The topological polar surface area (TPSA) is 57.7 Å². The zero-order valence-electron chi connectivity index (χ0n) is 13.7. The van der Waals surface area contributed by atoms with Crippen molar-refractivity contribution in [1.82, 2.24) is 4.90 Å². The van der Waals surface area contributed by atoms with Crippen molar-refractivity contribution in [2.45, 2.75) is 52.6 Å². The van der Waals surface area contributed by atoms with Crippen LogP contribution in [0.3, 0.4) is 0 Å². The third-order valence-electron chi connectivity index (χ3n) is 3.79. The molecule has 0 N–H and O–H groups in total. The van der Waals surface area contributed by atoms with Crippen LogP contribution in [0.1, 0.15) is 39.7 Å². The van der Waals surface area contributed by atoms with Crippen molar-refractivity contribution in [2.75, 3.05) is 4.90 Å². The van der Waals surface area contributed by atoms with Crippen molar-refractivity contribution in [3.8, 4) is 0 Å². The van der Waals surface area contributed by atoms with Crippen LogP contribution in [0.2, 0.25) is 0 Å². The van der Waals surface area contributed by atoms with Gasteiger partial charge in [0.05, 0.1) is 12.1 Å². The van der Waals surface area contributed by atoms with Gasteiger partial charge in [-0.1, -0.05) is 17.7 Å². The van der Waals surface area contributed by atoms with Crippen molar-refractivity contribution in [3.63, 3.8) is 0 Å². The van der Waals surface area contributed by atoms with Gasteiger partial charge in [-0.05, 0) is 39.8 Å². The summed E-state index contributed by atoms with van der Waals surface area (Å²) < 4.78 is 0. The average Bonchev–Trinajstić information content (AvgIpc) is 2.64. The summed E-state index contributed by atoms with van der Waals surface area (Å²) in [5.74, 6) is -0.808. The molecule has 3 amide bonds. The first-order valence-electron chi connectivity index (χ1n) is 7.36. The maximum atomic E-state index is 12.7. The molecule has 0 bridgehead atoms. The van der Waals surface area contributed by atoms with Gasteiger partial charge < -0.3 is 4.90 Å². The van der Waals surface area contributed by atoms with Crippen LogP contribution in [-0.2, 0) is 14.4 Å². The summed E-state index contributed by atoms with van der Waals surface area (Å²) in [6, 6.07) is 6.49. The van der Waals surface area contributed by atoms with E-state index >= 15 is 0 Å². The van der Waals surface area contributed by atoms with Crippen LogP contribution in [0.25, 0.3) is 0 Å². The monoisotopic (exact) mass is 302 g/mol. The van der Waals surface area contributed by atoms with Crippen molar-refractivity contribution in [2.24, 2.45) is 0 Å². The second-order valence-electron chi connectivity index (χ2n) is 6.68. The smallest absolute Gasteiger partial charge is 0.257 e. The van der Waals surface area contributed by atoms with Gasteiger partial charge in [0.15, 0.2) is 0 Å². The normalized spacial score (nSPS) is 18.8. The fraction of sp³-hybridized carbons (Fsp3) is 0.471. The molecule has 1 aromatic carbocycles. The number of carbonyl (C=O) groups excluding carboxylic acids is 3. The van der Waals surface area contributed by atoms with Gasteiger partial charge in [0, 0.05) is 12.5 Å². The van der Waals surface area contributed by atoms with Crippen molar-refractivity contribution in [1.29, 1.82) is 0 Å². The van der Waals surface area contributed by atoms with E-state index in [1.165, 1.54) is 16.7 Å². The molecule has 0 aliphatic carbocycles. The molecule has 0 aromatic heterocycles. The fourth-order valence-electron chi connectivity index (χ4n) is 2.94. The standard InChI is InChI=1S/C17H22N2O3/c1-11-6-8-13(9-7-11)18-15(21)10-14(16(18)22)19(12(2)20)17(3,4)5/h6-9,14H,10H2,1-5H3. The summed E-state index contributed by atoms with van der Waals surface area (Å²) in [6.45, 7) is 8.96. The van der Waals surface area contributed by atoms with Crippen molar-refractivity contribution < 1.29 is 14.4 Å². The average molecular weight is 302 g/mol. The van der Waals surface area contributed by atoms with Crippen LogP contribution < -0.4 is 4.90 Å². The maximum Gasteiger partial charge on any atom is 0.257 e. The molecule has 1 unspecified atom stereocenters. The Morgan fingerprint density at radius 2 is 1.73 bits per heavy atom. The molecule has 0 radical (unpaired) electrons. The predicted octanol–water partition coefficient (Wildman–Crippen LogP) is 2.27. The van der Waals surface area contributed by atoms with Crippen LogP contribution in [0.4, 0.5) is 5.69 Å². The second kappa shape index (κ2) is 5.55. The molecule has 1 heterocycles. The third-order valence-corrected chi connectivity index (χ3v) is 3.79. The molecule has 1 aliphatic rings. The van der Waals surface area contributed by atoms with Crippen molar-refractivity contribution >= 4 is 23.4 Å². The van der Waals surface area contributed by atoms with Gasteiger partial charge in [-0.3, -0.25) is 14.4 Å². The lowest BCUT2D eigenvalue weighted by molar-refractivity contribution is -0.142. The van der Waals surface area contributed by atoms with Crippen LogP contribution in [0, 0.1) is 6.92 Å². The lowest BCUT2D eigenvalue weighted by atomic mass is 10.0. The zero-order chi connectivity index (χ0) is 16.7. The van der Waals surface area contributed by atoms with Gasteiger partial charge in [-0.25, -0.2) is 4.90 Å².